The smallest absolute Gasteiger partial charge is 0.255 e. The van der Waals surface area contributed by atoms with Gasteiger partial charge in [0.25, 0.3) is 5.56 Å². The molecule has 28 heavy (non-hydrogen) atoms. The molecule has 4 nitrogen and oxygen atoms in total. The van der Waals surface area contributed by atoms with E-state index in [9.17, 15) is 4.79 Å². The maximum atomic E-state index is 12.0. The Labute approximate surface area is 170 Å². The van der Waals surface area contributed by atoms with Gasteiger partial charge in [0.2, 0.25) is 0 Å². The number of hydrogen-bond acceptors (Lipinski definition) is 3. The van der Waals surface area contributed by atoms with Crippen LogP contribution in [0, 0.1) is 17.3 Å². The van der Waals surface area contributed by atoms with Gasteiger partial charge in [-0.2, -0.15) is 0 Å². The summed E-state index contributed by atoms with van der Waals surface area (Å²) in [5.74, 6) is 2.25. The number of aromatic amines is 1. The first-order valence-electron chi connectivity index (χ1n) is 10.7. The molecule has 0 aliphatic heterocycles. The Morgan fingerprint density at radius 2 is 1.89 bits per heavy atom. The minimum atomic E-state index is -0.236. The summed E-state index contributed by atoms with van der Waals surface area (Å²) in [6.45, 7) is 2.20. The van der Waals surface area contributed by atoms with E-state index in [1.165, 1.54) is 25.7 Å². The van der Waals surface area contributed by atoms with Crippen LogP contribution in [0.15, 0.2) is 29.2 Å². The van der Waals surface area contributed by atoms with Gasteiger partial charge in [-0.25, -0.2) is 0 Å². The van der Waals surface area contributed by atoms with Crippen molar-refractivity contribution in [2.24, 2.45) is 23.0 Å². The largest absolute Gasteiger partial charge is 0.486 e. The predicted molar refractivity (Wildman–Crippen MR) is 113 cm³/mol. The monoisotopic (exact) mass is 400 g/mol. The molecular formula is C23H29ClN2O2. The van der Waals surface area contributed by atoms with Crippen molar-refractivity contribution < 1.29 is 4.74 Å². The second-order valence-electron chi connectivity index (χ2n) is 9.60. The first-order valence-corrected chi connectivity index (χ1v) is 11.0. The van der Waals surface area contributed by atoms with Gasteiger partial charge < -0.3 is 15.5 Å². The van der Waals surface area contributed by atoms with E-state index in [0.29, 0.717) is 27.6 Å². The average Bonchev–Trinajstić information content (AvgIpc) is 3.56. The van der Waals surface area contributed by atoms with E-state index >= 15 is 0 Å². The van der Waals surface area contributed by atoms with Crippen molar-refractivity contribution in [1.82, 2.24) is 4.98 Å². The molecule has 0 amide bonds. The highest BCUT2D eigenvalue weighted by atomic mass is 35.5. The summed E-state index contributed by atoms with van der Waals surface area (Å²) in [7, 11) is 0. The lowest BCUT2D eigenvalue weighted by Crippen LogP contribution is -2.51. The lowest BCUT2D eigenvalue weighted by molar-refractivity contribution is -0.0207. The highest BCUT2D eigenvalue weighted by molar-refractivity contribution is 6.32. The molecule has 3 aliphatic carbocycles. The topological polar surface area (TPSA) is 68.1 Å². The summed E-state index contributed by atoms with van der Waals surface area (Å²) in [5.41, 5.74) is 6.74. The fourth-order valence-corrected chi connectivity index (χ4v) is 5.68. The lowest BCUT2D eigenvalue weighted by atomic mass is 9.61. The van der Waals surface area contributed by atoms with Crippen molar-refractivity contribution in [3.05, 3.63) is 39.8 Å². The Kier molecular flexibility index (Phi) is 4.29. The summed E-state index contributed by atoms with van der Waals surface area (Å²) in [5, 5.41) is 1.95. The fraction of sp³-hybridized carbons (Fsp3) is 0.609. The van der Waals surface area contributed by atoms with Gasteiger partial charge in [-0.3, -0.25) is 4.79 Å². The SMILES string of the molecule is C[C@]1(Oc2cc3cc[nH]c(=O)c3cc2Cl)CC[C@](C2CC2)([C@H](N)C2CC2)CC1. The van der Waals surface area contributed by atoms with Crippen molar-refractivity contribution >= 4 is 22.4 Å². The normalized spacial score (nSPS) is 31.7. The van der Waals surface area contributed by atoms with E-state index in [1.807, 2.05) is 12.1 Å². The molecule has 3 fully saturated rings. The zero-order chi connectivity index (χ0) is 19.5. The minimum absolute atomic E-state index is 0.127. The third-order valence-electron chi connectivity index (χ3n) is 7.61. The first kappa shape index (κ1) is 18.5. The van der Waals surface area contributed by atoms with Crippen LogP contribution in [-0.4, -0.2) is 16.6 Å². The molecule has 1 heterocycles. The zero-order valence-corrected chi connectivity index (χ0v) is 17.2. The average molecular weight is 401 g/mol. The van der Waals surface area contributed by atoms with Gasteiger partial charge in [0.15, 0.2) is 0 Å². The van der Waals surface area contributed by atoms with E-state index in [4.69, 9.17) is 22.1 Å². The van der Waals surface area contributed by atoms with Gasteiger partial charge in [-0.15, -0.1) is 0 Å². The van der Waals surface area contributed by atoms with Crippen LogP contribution in [0.3, 0.4) is 0 Å². The number of aromatic nitrogens is 1. The molecule has 0 bridgehead atoms. The van der Waals surface area contributed by atoms with Gasteiger partial charge in [0.05, 0.1) is 5.02 Å². The number of nitrogens with one attached hydrogen (secondary N) is 1. The molecule has 1 aromatic heterocycles. The van der Waals surface area contributed by atoms with Crippen LogP contribution in [0.1, 0.15) is 58.3 Å². The van der Waals surface area contributed by atoms with Crippen LogP contribution in [0.25, 0.3) is 10.8 Å². The fourth-order valence-electron chi connectivity index (χ4n) is 5.48. The Hall–Kier alpha value is -1.52. The van der Waals surface area contributed by atoms with Gasteiger partial charge in [-0.05, 0) is 99.1 Å². The number of rotatable bonds is 5. The molecule has 5 rings (SSSR count). The predicted octanol–water partition coefficient (Wildman–Crippen LogP) is 5.03. The lowest BCUT2D eigenvalue weighted by Gasteiger charge is -2.48. The summed E-state index contributed by atoms with van der Waals surface area (Å²) >= 11 is 6.48. The highest BCUT2D eigenvalue weighted by Gasteiger charge is 2.55. The van der Waals surface area contributed by atoms with Crippen molar-refractivity contribution in [3.8, 4) is 5.75 Å². The molecule has 5 heteroatoms. The molecule has 2 aromatic rings. The van der Waals surface area contributed by atoms with Crippen LogP contribution < -0.4 is 16.0 Å². The number of pyridine rings is 1. The standard InChI is InChI=1S/C23H29ClN2O2/c1-22(28-19-12-15-6-11-26-21(27)17(15)13-18(19)24)7-9-23(10-8-22,16-4-5-16)20(25)14-2-3-14/h6,11-14,16,20H,2-5,7-10,25H2,1H3,(H,26,27)/t20-,22-,23-/m1/s1. The maximum absolute atomic E-state index is 12.0. The molecular weight excluding hydrogens is 372 g/mol. The second-order valence-corrected chi connectivity index (χ2v) is 10.0. The summed E-state index contributed by atoms with van der Waals surface area (Å²) in [4.78, 5) is 14.7. The number of hydrogen-bond donors (Lipinski definition) is 2. The van der Waals surface area contributed by atoms with Crippen LogP contribution in [-0.2, 0) is 0 Å². The number of H-pyrrole nitrogens is 1. The third-order valence-corrected chi connectivity index (χ3v) is 7.90. The zero-order valence-electron chi connectivity index (χ0n) is 16.5. The Balaban J connectivity index is 1.37. The molecule has 3 saturated carbocycles. The summed E-state index contributed by atoms with van der Waals surface area (Å²) < 4.78 is 6.49. The Morgan fingerprint density at radius 3 is 2.54 bits per heavy atom. The number of halogens is 1. The third kappa shape index (κ3) is 3.15. The van der Waals surface area contributed by atoms with Gasteiger partial charge >= 0.3 is 0 Å². The van der Waals surface area contributed by atoms with Crippen molar-refractivity contribution in [2.45, 2.75) is 69.9 Å². The molecule has 3 N–H and O–H groups in total. The minimum Gasteiger partial charge on any atom is -0.486 e. The molecule has 1 aromatic carbocycles. The second kappa shape index (κ2) is 6.50. The van der Waals surface area contributed by atoms with Gasteiger partial charge in [-0.1, -0.05) is 11.6 Å². The van der Waals surface area contributed by atoms with Crippen LogP contribution >= 0.6 is 11.6 Å². The molecule has 0 saturated heterocycles. The summed E-state index contributed by atoms with van der Waals surface area (Å²) in [6.07, 6.45) is 11.3. The highest BCUT2D eigenvalue weighted by Crippen LogP contribution is 2.60. The molecule has 3 aliphatic rings. The van der Waals surface area contributed by atoms with Crippen molar-refractivity contribution in [2.75, 3.05) is 0 Å². The first-order chi connectivity index (χ1) is 13.4. The van der Waals surface area contributed by atoms with E-state index in [0.717, 1.165) is 42.9 Å². The van der Waals surface area contributed by atoms with Crippen molar-refractivity contribution in [3.63, 3.8) is 0 Å². The molecule has 1 atom stereocenters. The molecule has 150 valence electrons. The number of nitrogens with two attached hydrogens (primary N) is 1. The number of ether oxygens (including phenoxy) is 1. The number of fused-ring (bicyclic) bond motifs is 1. The van der Waals surface area contributed by atoms with Gasteiger partial charge in [0.1, 0.15) is 11.4 Å². The molecule has 0 spiro atoms. The summed E-state index contributed by atoms with van der Waals surface area (Å²) in [6, 6.07) is 5.86. The number of benzene rings is 1. The van der Waals surface area contributed by atoms with E-state index in [-0.39, 0.29) is 11.2 Å². The molecule has 0 unspecified atom stereocenters. The molecule has 0 radical (unpaired) electrons. The Bertz CT molecular complexity index is 953. The maximum Gasteiger partial charge on any atom is 0.255 e. The van der Waals surface area contributed by atoms with Crippen LogP contribution in [0.2, 0.25) is 5.02 Å². The quantitative estimate of drug-likeness (QED) is 0.739. The van der Waals surface area contributed by atoms with E-state index in [2.05, 4.69) is 11.9 Å². The van der Waals surface area contributed by atoms with E-state index < -0.39 is 0 Å². The van der Waals surface area contributed by atoms with Gasteiger partial charge in [0, 0.05) is 17.6 Å². The van der Waals surface area contributed by atoms with E-state index in [1.54, 1.807) is 12.3 Å². The van der Waals surface area contributed by atoms with Crippen LogP contribution in [0.4, 0.5) is 0 Å². The Morgan fingerprint density at radius 1 is 1.18 bits per heavy atom. The van der Waals surface area contributed by atoms with Crippen molar-refractivity contribution in [1.29, 1.82) is 0 Å². The van der Waals surface area contributed by atoms with Crippen LogP contribution in [0.5, 0.6) is 5.75 Å².